The smallest absolute Gasteiger partial charge is 0.408 e. The van der Waals surface area contributed by atoms with E-state index < -0.39 is 5.76 Å². The van der Waals surface area contributed by atoms with E-state index in [9.17, 15) is 4.79 Å². The molecule has 0 spiro atoms. The predicted octanol–water partition coefficient (Wildman–Crippen LogP) is 3.36. The van der Waals surface area contributed by atoms with Gasteiger partial charge in [-0.1, -0.05) is 19.8 Å². The van der Waals surface area contributed by atoms with Crippen LogP contribution in [0.3, 0.4) is 0 Å². The number of anilines is 1. The molecular weight excluding hydrogens is 240 g/mol. The zero-order valence-electron chi connectivity index (χ0n) is 11.2. The van der Waals surface area contributed by atoms with Crippen LogP contribution in [0, 0.1) is 11.8 Å². The number of aromatic nitrogens is 1. The Bertz CT molecular complexity index is 614. The lowest BCUT2D eigenvalue weighted by Gasteiger charge is -2.27. The Morgan fingerprint density at radius 3 is 3.16 bits per heavy atom. The zero-order valence-corrected chi connectivity index (χ0v) is 11.2. The fourth-order valence-electron chi connectivity index (χ4n) is 3.07. The summed E-state index contributed by atoms with van der Waals surface area (Å²) < 4.78 is 4.99. The highest BCUT2D eigenvalue weighted by Crippen LogP contribution is 2.28. The fourth-order valence-corrected chi connectivity index (χ4v) is 3.07. The zero-order chi connectivity index (χ0) is 13.2. The predicted molar refractivity (Wildman–Crippen MR) is 76.4 cm³/mol. The second-order valence-electron chi connectivity index (χ2n) is 5.74. The molecule has 1 aliphatic carbocycles. The van der Waals surface area contributed by atoms with E-state index in [1.54, 1.807) is 0 Å². The van der Waals surface area contributed by atoms with Crippen molar-refractivity contribution in [3.8, 4) is 0 Å². The van der Waals surface area contributed by atoms with Crippen LogP contribution in [0.25, 0.3) is 11.1 Å². The first-order chi connectivity index (χ1) is 9.20. The lowest BCUT2D eigenvalue weighted by Crippen LogP contribution is -2.20. The summed E-state index contributed by atoms with van der Waals surface area (Å²) in [5, 5.41) is 3.47. The van der Waals surface area contributed by atoms with Crippen molar-refractivity contribution >= 4 is 16.8 Å². The van der Waals surface area contributed by atoms with Crippen LogP contribution in [-0.4, -0.2) is 11.5 Å². The van der Waals surface area contributed by atoms with Gasteiger partial charge in [0.1, 0.15) is 0 Å². The Hall–Kier alpha value is -1.71. The summed E-state index contributed by atoms with van der Waals surface area (Å²) in [7, 11) is 0. The molecule has 1 aromatic heterocycles. The molecule has 19 heavy (non-hydrogen) atoms. The van der Waals surface area contributed by atoms with Gasteiger partial charge < -0.3 is 9.73 Å². The number of hydrogen-bond donors (Lipinski definition) is 2. The van der Waals surface area contributed by atoms with Gasteiger partial charge in [-0.05, 0) is 42.9 Å². The molecule has 2 atom stereocenters. The van der Waals surface area contributed by atoms with Gasteiger partial charge in [0, 0.05) is 12.2 Å². The van der Waals surface area contributed by atoms with Crippen LogP contribution in [0.4, 0.5) is 5.69 Å². The van der Waals surface area contributed by atoms with Crippen molar-refractivity contribution in [2.75, 3.05) is 11.9 Å². The van der Waals surface area contributed by atoms with E-state index >= 15 is 0 Å². The van der Waals surface area contributed by atoms with Crippen LogP contribution < -0.4 is 11.1 Å². The standard InChI is InChI=1S/C15H20N2O2/c1-10-3-2-4-11(7-10)9-16-12-5-6-14-13(8-12)17-15(18)19-14/h5-6,8,10-11,16H,2-4,7,9H2,1H3,(H,17,18). The summed E-state index contributed by atoms with van der Waals surface area (Å²) in [5.41, 5.74) is 2.41. The van der Waals surface area contributed by atoms with Crippen LogP contribution in [0.5, 0.6) is 0 Å². The summed E-state index contributed by atoms with van der Waals surface area (Å²) in [6, 6.07) is 5.73. The molecule has 1 saturated carbocycles. The Kier molecular flexibility index (Phi) is 3.32. The van der Waals surface area contributed by atoms with E-state index in [2.05, 4.69) is 17.2 Å². The van der Waals surface area contributed by atoms with E-state index in [1.165, 1.54) is 25.7 Å². The van der Waals surface area contributed by atoms with Crippen molar-refractivity contribution in [1.29, 1.82) is 0 Å². The summed E-state index contributed by atoms with van der Waals surface area (Å²) >= 11 is 0. The third-order valence-electron chi connectivity index (χ3n) is 4.06. The highest BCUT2D eigenvalue weighted by Gasteiger charge is 2.18. The Labute approximate surface area is 112 Å². The fraction of sp³-hybridized carbons (Fsp3) is 0.533. The number of rotatable bonds is 3. The van der Waals surface area contributed by atoms with E-state index in [1.807, 2.05) is 18.2 Å². The normalized spacial score (nSPS) is 23.6. The number of hydrogen-bond acceptors (Lipinski definition) is 3. The molecule has 0 aliphatic heterocycles. The third-order valence-corrected chi connectivity index (χ3v) is 4.06. The van der Waals surface area contributed by atoms with Gasteiger partial charge in [-0.15, -0.1) is 0 Å². The lowest BCUT2D eigenvalue weighted by atomic mass is 9.82. The minimum absolute atomic E-state index is 0.395. The van der Waals surface area contributed by atoms with E-state index in [0.29, 0.717) is 5.58 Å². The first-order valence-corrected chi connectivity index (χ1v) is 7.07. The number of fused-ring (bicyclic) bond motifs is 1. The van der Waals surface area contributed by atoms with Gasteiger partial charge in [0.15, 0.2) is 5.58 Å². The van der Waals surface area contributed by atoms with Gasteiger partial charge in [-0.2, -0.15) is 0 Å². The number of oxazole rings is 1. The van der Waals surface area contributed by atoms with Crippen LogP contribution in [0.15, 0.2) is 27.4 Å². The molecule has 4 heteroatoms. The lowest BCUT2D eigenvalue weighted by molar-refractivity contribution is 0.293. The van der Waals surface area contributed by atoms with Crippen molar-refractivity contribution < 1.29 is 4.42 Å². The van der Waals surface area contributed by atoms with E-state index in [-0.39, 0.29) is 0 Å². The number of H-pyrrole nitrogens is 1. The molecule has 3 rings (SSSR count). The molecule has 1 aliphatic rings. The monoisotopic (exact) mass is 260 g/mol. The topological polar surface area (TPSA) is 58.0 Å². The van der Waals surface area contributed by atoms with E-state index in [4.69, 9.17) is 4.42 Å². The average Bonchev–Trinajstić information content (AvgIpc) is 2.75. The summed E-state index contributed by atoms with van der Waals surface area (Å²) in [5.74, 6) is 1.23. The molecule has 2 aromatic rings. The molecule has 1 fully saturated rings. The Morgan fingerprint density at radius 1 is 1.42 bits per heavy atom. The maximum atomic E-state index is 11.1. The van der Waals surface area contributed by atoms with E-state index in [0.717, 1.165) is 29.6 Å². The molecule has 1 heterocycles. The largest absolute Gasteiger partial charge is 0.417 e. The van der Waals surface area contributed by atoms with Crippen molar-refractivity contribution in [1.82, 2.24) is 4.98 Å². The van der Waals surface area contributed by atoms with Crippen LogP contribution in [0.2, 0.25) is 0 Å². The van der Waals surface area contributed by atoms with Gasteiger partial charge in [0.05, 0.1) is 5.52 Å². The van der Waals surface area contributed by atoms with Crippen molar-refractivity contribution in [3.63, 3.8) is 0 Å². The summed E-state index contributed by atoms with van der Waals surface area (Å²) in [6.45, 7) is 3.35. The molecule has 0 radical (unpaired) electrons. The van der Waals surface area contributed by atoms with Crippen LogP contribution >= 0.6 is 0 Å². The third kappa shape index (κ3) is 2.83. The highest BCUT2D eigenvalue weighted by molar-refractivity contribution is 5.76. The first-order valence-electron chi connectivity index (χ1n) is 7.07. The van der Waals surface area contributed by atoms with Crippen LogP contribution in [-0.2, 0) is 0 Å². The van der Waals surface area contributed by atoms with Gasteiger partial charge >= 0.3 is 5.76 Å². The van der Waals surface area contributed by atoms with Crippen LogP contribution in [0.1, 0.15) is 32.6 Å². The highest BCUT2D eigenvalue weighted by atomic mass is 16.4. The SMILES string of the molecule is CC1CCCC(CNc2ccc3oc(=O)[nH]c3c2)C1. The first kappa shape index (κ1) is 12.3. The summed E-state index contributed by atoms with van der Waals surface area (Å²) in [4.78, 5) is 13.8. The minimum atomic E-state index is -0.395. The number of benzene rings is 1. The molecular formula is C15H20N2O2. The van der Waals surface area contributed by atoms with Crippen molar-refractivity contribution in [2.45, 2.75) is 32.6 Å². The number of nitrogens with one attached hydrogen (secondary N) is 2. The average molecular weight is 260 g/mol. The molecule has 2 unspecified atom stereocenters. The number of aromatic amines is 1. The molecule has 0 saturated heterocycles. The molecule has 0 bridgehead atoms. The molecule has 0 amide bonds. The Balaban J connectivity index is 1.66. The van der Waals surface area contributed by atoms with Gasteiger partial charge in [-0.25, -0.2) is 4.79 Å². The van der Waals surface area contributed by atoms with Crippen molar-refractivity contribution in [2.24, 2.45) is 11.8 Å². The molecule has 2 N–H and O–H groups in total. The minimum Gasteiger partial charge on any atom is -0.408 e. The molecule has 4 nitrogen and oxygen atoms in total. The quantitative estimate of drug-likeness (QED) is 0.889. The van der Waals surface area contributed by atoms with Crippen molar-refractivity contribution in [3.05, 3.63) is 28.7 Å². The second kappa shape index (κ2) is 5.11. The maximum Gasteiger partial charge on any atom is 0.417 e. The Morgan fingerprint density at radius 2 is 2.32 bits per heavy atom. The van der Waals surface area contributed by atoms with Gasteiger partial charge in [0.2, 0.25) is 0 Å². The second-order valence-corrected chi connectivity index (χ2v) is 5.74. The van der Waals surface area contributed by atoms with Gasteiger partial charge in [0.25, 0.3) is 0 Å². The molecule has 1 aromatic carbocycles. The van der Waals surface area contributed by atoms with Gasteiger partial charge in [-0.3, -0.25) is 4.98 Å². The summed E-state index contributed by atoms with van der Waals surface area (Å²) in [6.07, 6.45) is 5.36. The maximum absolute atomic E-state index is 11.1. The molecule has 102 valence electrons.